The number of nitrogens with one attached hydrogen (secondary N) is 2. The molecule has 0 aliphatic carbocycles. The van der Waals surface area contributed by atoms with Gasteiger partial charge in [-0.1, -0.05) is 5.59 Å². The Bertz CT molecular complexity index is 603. The molecule has 2 aliphatic heterocycles. The van der Waals surface area contributed by atoms with Crippen LogP contribution in [0, 0.1) is 5.92 Å². The van der Waals surface area contributed by atoms with Crippen LogP contribution < -0.4 is 15.9 Å². The predicted octanol–water partition coefficient (Wildman–Crippen LogP) is 2.40. The first-order valence-corrected chi connectivity index (χ1v) is 8.33. The summed E-state index contributed by atoms with van der Waals surface area (Å²) in [5, 5.41) is 4.86. The summed E-state index contributed by atoms with van der Waals surface area (Å²) in [6.45, 7) is 7.46. The topological polar surface area (TPSA) is 69.7 Å². The van der Waals surface area contributed by atoms with Crippen LogP contribution in [0.15, 0.2) is 36.5 Å². The highest BCUT2D eigenvalue weighted by molar-refractivity contribution is 5.75. The first kappa shape index (κ1) is 16.6. The summed E-state index contributed by atoms with van der Waals surface area (Å²) >= 11 is 0. The van der Waals surface area contributed by atoms with Gasteiger partial charge >= 0.3 is 6.03 Å². The number of nitrogens with zero attached hydrogens (tertiary/aromatic N) is 3. The van der Waals surface area contributed by atoms with Crippen LogP contribution >= 0.6 is 0 Å². The van der Waals surface area contributed by atoms with E-state index in [1.807, 2.05) is 49.0 Å². The van der Waals surface area contributed by atoms with E-state index in [-0.39, 0.29) is 11.6 Å². The number of hydrazine groups is 1. The number of piperidine rings is 1. The number of carbonyl (C=O) groups is 1. The van der Waals surface area contributed by atoms with Crippen molar-refractivity contribution in [1.29, 1.82) is 0 Å². The van der Waals surface area contributed by atoms with Gasteiger partial charge in [0.05, 0.1) is 11.9 Å². The van der Waals surface area contributed by atoms with Crippen molar-refractivity contribution in [3.05, 3.63) is 36.5 Å². The largest absolute Gasteiger partial charge is 0.391 e. The normalized spacial score (nSPS) is 19.0. The lowest BCUT2D eigenvalue weighted by atomic mass is 9.95. The van der Waals surface area contributed by atoms with E-state index in [1.165, 1.54) is 0 Å². The predicted molar refractivity (Wildman–Crippen MR) is 91.6 cm³/mol. The van der Waals surface area contributed by atoms with Crippen molar-refractivity contribution in [3.8, 4) is 0 Å². The Balaban J connectivity index is 1.55. The van der Waals surface area contributed by atoms with Crippen LogP contribution in [0.2, 0.25) is 0 Å². The van der Waals surface area contributed by atoms with E-state index in [1.54, 1.807) is 12.4 Å². The van der Waals surface area contributed by atoms with Crippen LogP contribution in [-0.4, -0.2) is 34.5 Å². The zero-order valence-electron chi connectivity index (χ0n) is 14.5. The first-order chi connectivity index (χ1) is 11.4. The molecule has 24 heavy (non-hydrogen) atoms. The molecule has 0 atom stereocenters. The number of hydrogen-bond donors (Lipinski definition) is 2. The molecule has 7 nitrogen and oxygen atoms in total. The van der Waals surface area contributed by atoms with Gasteiger partial charge in [0.1, 0.15) is 5.76 Å². The van der Waals surface area contributed by atoms with Crippen LogP contribution in [-0.2, 0) is 4.84 Å². The third-order valence-electron chi connectivity index (χ3n) is 4.13. The lowest BCUT2D eigenvalue weighted by Gasteiger charge is -2.34. The highest BCUT2D eigenvalue weighted by Crippen LogP contribution is 2.29. The van der Waals surface area contributed by atoms with E-state index in [0.717, 1.165) is 37.4 Å². The standard InChI is InChI=1S/C17H25N5O2/c1-17(2,3)19-16(23)21-10-6-13(7-11-21)15-12-22(20-24-15)14-4-8-18-9-5-14/h4-5,8-9,12-13,20H,6-7,10-11H2,1-3H3,(H,19,23). The number of hydrogen-bond acceptors (Lipinski definition) is 5. The fourth-order valence-corrected chi connectivity index (χ4v) is 2.87. The van der Waals surface area contributed by atoms with Gasteiger partial charge in [0.2, 0.25) is 0 Å². The van der Waals surface area contributed by atoms with Crippen LogP contribution in [0.3, 0.4) is 0 Å². The Morgan fingerprint density at radius 3 is 2.58 bits per heavy atom. The van der Waals surface area contributed by atoms with Crippen molar-refractivity contribution >= 4 is 11.7 Å². The summed E-state index contributed by atoms with van der Waals surface area (Å²) in [4.78, 5) is 23.8. The third kappa shape index (κ3) is 3.97. The minimum atomic E-state index is -0.208. The molecule has 1 aromatic heterocycles. The number of urea groups is 1. The molecule has 3 rings (SSSR count). The number of anilines is 1. The zero-order valence-corrected chi connectivity index (χ0v) is 14.5. The Hall–Kier alpha value is -2.28. The molecule has 2 aliphatic rings. The maximum Gasteiger partial charge on any atom is 0.317 e. The van der Waals surface area contributed by atoms with Gasteiger partial charge in [0.15, 0.2) is 0 Å². The van der Waals surface area contributed by atoms with Gasteiger partial charge in [0.25, 0.3) is 0 Å². The van der Waals surface area contributed by atoms with E-state index in [0.29, 0.717) is 5.92 Å². The quantitative estimate of drug-likeness (QED) is 0.871. The molecular weight excluding hydrogens is 306 g/mol. The molecule has 0 radical (unpaired) electrons. The minimum Gasteiger partial charge on any atom is -0.391 e. The number of likely N-dealkylation sites (tertiary alicyclic amines) is 1. The highest BCUT2D eigenvalue weighted by Gasteiger charge is 2.30. The lowest BCUT2D eigenvalue weighted by molar-refractivity contribution is 0.0883. The van der Waals surface area contributed by atoms with Crippen LogP contribution in [0.5, 0.6) is 0 Å². The molecule has 2 amide bonds. The summed E-state index contributed by atoms with van der Waals surface area (Å²) in [6, 6.07) is 3.84. The van der Waals surface area contributed by atoms with Crippen molar-refractivity contribution in [2.45, 2.75) is 39.2 Å². The van der Waals surface area contributed by atoms with E-state index < -0.39 is 0 Å². The molecule has 0 unspecified atom stereocenters. The fourth-order valence-electron chi connectivity index (χ4n) is 2.87. The second kappa shape index (κ2) is 6.68. The summed E-state index contributed by atoms with van der Waals surface area (Å²) in [5.41, 5.74) is 3.67. The SMILES string of the molecule is CC(C)(C)NC(=O)N1CCC(C2=CN(c3ccncc3)NO2)CC1. The second-order valence-electron chi connectivity index (χ2n) is 7.24. The van der Waals surface area contributed by atoms with E-state index in [4.69, 9.17) is 4.84 Å². The monoisotopic (exact) mass is 331 g/mol. The molecule has 0 spiro atoms. The van der Waals surface area contributed by atoms with Crippen molar-refractivity contribution in [2.75, 3.05) is 18.1 Å². The van der Waals surface area contributed by atoms with Crippen molar-refractivity contribution < 1.29 is 9.63 Å². The Morgan fingerprint density at radius 1 is 1.29 bits per heavy atom. The highest BCUT2D eigenvalue weighted by atomic mass is 16.7. The van der Waals surface area contributed by atoms with Crippen LogP contribution in [0.25, 0.3) is 0 Å². The second-order valence-corrected chi connectivity index (χ2v) is 7.24. The molecule has 1 aromatic rings. The molecule has 0 saturated carbocycles. The van der Waals surface area contributed by atoms with Gasteiger partial charge < -0.3 is 15.1 Å². The van der Waals surface area contributed by atoms with Gasteiger partial charge in [-0.15, -0.1) is 0 Å². The Kier molecular flexibility index (Phi) is 4.62. The molecule has 130 valence electrons. The molecule has 0 bridgehead atoms. The van der Waals surface area contributed by atoms with E-state index in [2.05, 4.69) is 15.9 Å². The smallest absolute Gasteiger partial charge is 0.317 e. The van der Waals surface area contributed by atoms with Crippen LogP contribution in [0.4, 0.5) is 10.5 Å². The number of allylic oxidation sites excluding steroid dienone is 1. The summed E-state index contributed by atoms with van der Waals surface area (Å²) in [6.07, 6.45) is 7.26. The number of rotatable bonds is 2. The van der Waals surface area contributed by atoms with Gasteiger partial charge in [-0.2, -0.15) is 0 Å². The average molecular weight is 331 g/mol. The molecular formula is C17H25N5O2. The molecule has 7 heteroatoms. The Morgan fingerprint density at radius 2 is 1.96 bits per heavy atom. The molecule has 0 aromatic carbocycles. The first-order valence-electron chi connectivity index (χ1n) is 8.33. The van der Waals surface area contributed by atoms with Gasteiger partial charge in [-0.3, -0.25) is 4.98 Å². The number of pyridine rings is 1. The van der Waals surface area contributed by atoms with Gasteiger partial charge in [-0.05, 0) is 45.7 Å². The zero-order chi connectivity index (χ0) is 17.2. The van der Waals surface area contributed by atoms with Crippen molar-refractivity contribution in [3.63, 3.8) is 0 Å². The number of amides is 2. The van der Waals surface area contributed by atoms with Gasteiger partial charge in [-0.25, -0.2) is 9.80 Å². The van der Waals surface area contributed by atoms with E-state index in [9.17, 15) is 4.79 Å². The fraction of sp³-hybridized carbons (Fsp3) is 0.529. The average Bonchev–Trinajstić information content (AvgIpc) is 3.04. The number of carbonyl (C=O) groups excluding carboxylic acids is 1. The van der Waals surface area contributed by atoms with Gasteiger partial charge in [0, 0.05) is 36.9 Å². The summed E-state index contributed by atoms with van der Waals surface area (Å²) < 4.78 is 0. The minimum absolute atomic E-state index is 0.0128. The Labute approximate surface area is 142 Å². The maximum atomic E-state index is 12.2. The summed E-state index contributed by atoms with van der Waals surface area (Å²) in [7, 11) is 0. The number of aromatic nitrogens is 1. The molecule has 1 fully saturated rings. The third-order valence-corrected chi connectivity index (χ3v) is 4.13. The summed E-state index contributed by atoms with van der Waals surface area (Å²) in [5.74, 6) is 1.24. The van der Waals surface area contributed by atoms with Crippen molar-refractivity contribution in [1.82, 2.24) is 20.8 Å². The molecule has 1 saturated heterocycles. The van der Waals surface area contributed by atoms with Crippen molar-refractivity contribution in [2.24, 2.45) is 5.92 Å². The molecule has 3 heterocycles. The van der Waals surface area contributed by atoms with Crippen LogP contribution in [0.1, 0.15) is 33.6 Å². The maximum absolute atomic E-state index is 12.2. The lowest BCUT2D eigenvalue weighted by Crippen LogP contribution is -2.50. The van der Waals surface area contributed by atoms with E-state index >= 15 is 0 Å². The molecule has 2 N–H and O–H groups in total.